The molecule has 1 rings (SSSR count). The summed E-state index contributed by atoms with van der Waals surface area (Å²) in [6, 6.07) is 5.63. The lowest BCUT2D eigenvalue weighted by molar-refractivity contribution is 0.738. The maximum absolute atomic E-state index is 5.81. The predicted octanol–water partition coefficient (Wildman–Crippen LogP) is 2.88. The molecule has 0 aromatic heterocycles. The van der Waals surface area contributed by atoms with Gasteiger partial charge in [-0.1, -0.05) is 23.2 Å². The van der Waals surface area contributed by atoms with Gasteiger partial charge < -0.3 is 5.73 Å². The second kappa shape index (κ2) is 4.13. The van der Waals surface area contributed by atoms with E-state index >= 15 is 0 Å². The van der Waals surface area contributed by atoms with Crippen molar-refractivity contribution in [2.24, 2.45) is 5.73 Å². The zero-order valence-electron chi connectivity index (χ0n) is 6.85. The van der Waals surface area contributed by atoms with E-state index in [0.717, 1.165) is 12.0 Å². The zero-order valence-corrected chi connectivity index (χ0v) is 8.36. The summed E-state index contributed by atoms with van der Waals surface area (Å²) in [5.74, 6) is 0. The van der Waals surface area contributed by atoms with E-state index in [1.54, 1.807) is 6.07 Å². The molecule has 1 aromatic rings. The Kier molecular flexibility index (Phi) is 3.39. The van der Waals surface area contributed by atoms with Gasteiger partial charge in [-0.05, 0) is 37.1 Å². The molecule has 12 heavy (non-hydrogen) atoms. The van der Waals surface area contributed by atoms with Gasteiger partial charge in [0.1, 0.15) is 0 Å². The van der Waals surface area contributed by atoms with Gasteiger partial charge in [0.05, 0.1) is 0 Å². The van der Waals surface area contributed by atoms with E-state index in [4.69, 9.17) is 28.9 Å². The van der Waals surface area contributed by atoms with E-state index in [2.05, 4.69) is 0 Å². The van der Waals surface area contributed by atoms with E-state index in [1.165, 1.54) is 0 Å². The summed E-state index contributed by atoms with van der Waals surface area (Å²) in [6.45, 7) is 1.95. The first-order valence-electron chi connectivity index (χ1n) is 3.78. The standard InChI is InChI=1S/C9H11Cl2N/c1-6(12)2-7-3-8(10)5-9(11)4-7/h3-6H,2,12H2,1H3. The molecule has 0 saturated carbocycles. The van der Waals surface area contributed by atoms with Crippen molar-refractivity contribution < 1.29 is 0 Å². The first kappa shape index (κ1) is 9.85. The molecule has 66 valence electrons. The molecule has 0 aliphatic carbocycles. The Balaban J connectivity index is 2.85. The molecule has 0 heterocycles. The minimum absolute atomic E-state index is 0.138. The highest BCUT2D eigenvalue weighted by Crippen LogP contribution is 2.19. The van der Waals surface area contributed by atoms with Crippen molar-refractivity contribution in [3.8, 4) is 0 Å². The quantitative estimate of drug-likeness (QED) is 0.787. The summed E-state index contributed by atoms with van der Waals surface area (Å²) < 4.78 is 0. The number of hydrogen-bond acceptors (Lipinski definition) is 1. The maximum atomic E-state index is 5.81. The molecule has 1 atom stereocenters. The fourth-order valence-electron chi connectivity index (χ4n) is 1.10. The Morgan fingerprint density at radius 2 is 1.75 bits per heavy atom. The van der Waals surface area contributed by atoms with Gasteiger partial charge in [-0.2, -0.15) is 0 Å². The Hall–Kier alpha value is -0.240. The highest BCUT2D eigenvalue weighted by molar-refractivity contribution is 6.34. The Bertz CT molecular complexity index is 251. The lowest BCUT2D eigenvalue weighted by Gasteiger charge is -2.05. The lowest BCUT2D eigenvalue weighted by Crippen LogP contribution is -2.17. The van der Waals surface area contributed by atoms with Crippen LogP contribution in [0.3, 0.4) is 0 Å². The van der Waals surface area contributed by atoms with Crippen LogP contribution in [-0.2, 0) is 6.42 Å². The van der Waals surface area contributed by atoms with Gasteiger partial charge in [-0.3, -0.25) is 0 Å². The average molecular weight is 204 g/mol. The van der Waals surface area contributed by atoms with Crippen LogP contribution < -0.4 is 5.73 Å². The first-order chi connectivity index (χ1) is 5.58. The smallest absolute Gasteiger partial charge is 0.0423 e. The topological polar surface area (TPSA) is 26.0 Å². The Morgan fingerprint density at radius 1 is 1.25 bits per heavy atom. The van der Waals surface area contributed by atoms with E-state index < -0.39 is 0 Å². The molecule has 2 N–H and O–H groups in total. The molecule has 0 spiro atoms. The van der Waals surface area contributed by atoms with Gasteiger partial charge in [-0.15, -0.1) is 0 Å². The number of nitrogens with two attached hydrogens (primary N) is 1. The number of benzene rings is 1. The van der Waals surface area contributed by atoms with Gasteiger partial charge in [0.2, 0.25) is 0 Å². The fourth-order valence-corrected chi connectivity index (χ4v) is 1.67. The van der Waals surface area contributed by atoms with Crippen LogP contribution in [0.15, 0.2) is 18.2 Å². The monoisotopic (exact) mass is 203 g/mol. The van der Waals surface area contributed by atoms with Crippen LogP contribution in [0.25, 0.3) is 0 Å². The SMILES string of the molecule is CC(N)Cc1cc(Cl)cc(Cl)c1. The predicted molar refractivity (Wildman–Crippen MR) is 53.8 cm³/mol. The summed E-state index contributed by atoms with van der Waals surface area (Å²) in [4.78, 5) is 0. The summed E-state index contributed by atoms with van der Waals surface area (Å²) >= 11 is 11.6. The van der Waals surface area contributed by atoms with Gasteiger partial charge in [0, 0.05) is 16.1 Å². The van der Waals surface area contributed by atoms with E-state index in [9.17, 15) is 0 Å². The molecule has 1 unspecified atom stereocenters. The maximum Gasteiger partial charge on any atom is 0.0423 e. The third-order valence-corrected chi connectivity index (χ3v) is 1.92. The molecule has 0 aliphatic heterocycles. The van der Waals surface area contributed by atoms with Crippen molar-refractivity contribution in [3.63, 3.8) is 0 Å². The molecule has 3 heteroatoms. The summed E-state index contributed by atoms with van der Waals surface area (Å²) in [6.07, 6.45) is 0.806. The van der Waals surface area contributed by atoms with Crippen LogP contribution in [0.1, 0.15) is 12.5 Å². The van der Waals surface area contributed by atoms with Gasteiger partial charge in [-0.25, -0.2) is 0 Å². The zero-order chi connectivity index (χ0) is 9.14. The van der Waals surface area contributed by atoms with E-state index in [0.29, 0.717) is 10.0 Å². The van der Waals surface area contributed by atoms with Crippen LogP contribution in [-0.4, -0.2) is 6.04 Å². The largest absolute Gasteiger partial charge is 0.328 e. The molecule has 0 saturated heterocycles. The van der Waals surface area contributed by atoms with Crippen molar-refractivity contribution in [3.05, 3.63) is 33.8 Å². The van der Waals surface area contributed by atoms with E-state index in [1.807, 2.05) is 19.1 Å². The molecular formula is C9H11Cl2N. The van der Waals surface area contributed by atoms with Crippen molar-refractivity contribution in [2.45, 2.75) is 19.4 Å². The molecule has 1 aromatic carbocycles. The highest BCUT2D eigenvalue weighted by Gasteiger charge is 2.00. The van der Waals surface area contributed by atoms with Crippen LogP contribution in [0.2, 0.25) is 10.0 Å². The van der Waals surface area contributed by atoms with Crippen LogP contribution in [0.5, 0.6) is 0 Å². The van der Waals surface area contributed by atoms with Gasteiger partial charge in [0.15, 0.2) is 0 Å². The first-order valence-corrected chi connectivity index (χ1v) is 4.54. The molecule has 0 bridgehead atoms. The highest BCUT2D eigenvalue weighted by atomic mass is 35.5. The van der Waals surface area contributed by atoms with E-state index in [-0.39, 0.29) is 6.04 Å². The molecule has 1 nitrogen and oxygen atoms in total. The number of hydrogen-bond donors (Lipinski definition) is 1. The number of rotatable bonds is 2. The third kappa shape index (κ3) is 3.02. The van der Waals surface area contributed by atoms with Crippen LogP contribution in [0, 0.1) is 0 Å². The Labute approximate surface area is 82.5 Å². The van der Waals surface area contributed by atoms with Crippen molar-refractivity contribution in [2.75, 3.05) is 0 Å². The third-order valence-electron chi connectivity index (χ3n) is 1.48. The van der Waals surface area contributed by atoms with Crippen molar-refractivity contribution in [1.82, 2.24) is 0 Å². The van der Waals surface area contributed by atoms with Crippen LogP contribution >= 0.6 is 23.2 Å². The molecular weight excluding hydrogens is 193 g/mol. The van der Waals surface area contributed by atoms with Crippen molar-refractivity contribution in [1.29, 1.82) is 0 Å². The number of halogens is 2. The average Bonchev–Trinajstić information content (AvgIpc) is 1.81. The summed E-state index contributed by atoms with van der Waals surface area (Å²) in [7, 11) is 0. The van der Waals surface area contributed by atoms with Gasteiger partial charge in [0.25, 0.3) is 0 Å². The fraction of sp³-hybridized carbons (Fsp3) is 0.333. The summed E-state index contributed by atoms with van der Waals surface area (Å²) in [5.41, 5.74) is 6.72. The normalized spacial score (nSPS) is 13.0. The van der Waals surface area contributed by atoms with Gasteiger partial charge >= 0.3 is 0 Å². The second-order valence-electron chi connectivity index (χ2n) is 2.96. The molecule has 0 aliphatic rings. The molecule has 0 amide bonds. The lowest BCUT2D eigenvalue weighted by atomic mass is 10.1. The minimum atomic E-state index is 0.138. The van der Waals surface area contributed by atoms with Crippen LogP contribution in [0.4, 0.5) is 0 Å². The summed E-state index contributed by atoms with van der Waals surface area (Å²) in [5, 5.41) is 1.33. The molecule has 0 fully saturated rings. The van der Waals surface area contributed by atoms with Crippen molar-refractivity contribution >= 4 is 23.2 Å². The second-order valence-corrected chi connectivity index (χ2v) is 3.83. The minimum Gasteiger partial charge on any atom is -0.328 e. The Morgan fingerprint density at radius 3 is 2.17 bits per heavy atom. The molecule has 0 radical (unpaired) electrons.